The van der Waals surface area contributed by atoms with Crippen LogP contribution in [0.1, 0.15) is 6.92 Å². The molecule has 0 fully saturated rings. The lowest BCUT2D eigenvalue weighted by Crippen LogP contribution is -2.11. The maximum Gasteiger partial charge on any atom is 0.341 e. The monoisotopic (exact) mass is 184 g/mol. The first-order chi connectivity index (χ1) is 5.97. The van der Waals surface area contributed by atoms with Crippen LogP contribution in [-0.4, -0.2) is 23.0 Å². The highest BCUT2D eigenvalue weighted by Gasteiger charge is 2.10. The van der Waals surface area contributed by atoms with Crippen molar-refractivity contribution in [3.8, 4) is 0 Å². The summed E-state index contributed by atoms with van der Waals surface area (Å²) in [5.41, 5.74) is -0.164. The van der Waals surface area contributed by atoms with E-state index in [2.05, 4.69) is 11.3 Å². The largest absolute Gasteiger partial charge is 0.478 e. The molecule has 0 aliphatic rings. The van der Waals surface area contributed by atoms with Gasteiger partial charge in [0, 0.05) is 17.7 Å². The Kier molecular flexibility index (Phi) is 4.15. The lowest BCUT2D eigenvalue weighted by Gasteiger charge is -1.97. The number of hydrogen-bond acceptors (Lipinski definition) is 4. The summed E-state index contributed by atoms with van der Waals surface area (Å²) in [6.45, 7) is 4.30. The van der Waals surface area contributed by atoms with Crippen LogP contribution in [-0.2, 0) is 19.1 Å². The van der Waals surface area contributed by atoms with Gasteiger partial charge in [0.15, 0.2) is 0 Å². The number of carboxylic acids is 1. The smallest absolute Gasteiger partial charge is 0.341 e. The normalized spacial score (nSPS) is 10.4. The molecule has 5 heteroatoms. The summed E-state index contributed by atoms with van der Waals surface area (Å²) >= 11 is 0. The molecule has 0 amide bonds. The van der Waals surface area contributed by atoms with Crippen LogP contribution in [0, 0.1) is 0 Å². The molecule has 0 heterocycles. The van der Waals surface area contributed by atoms with Crippen LogP contribution in [0.2, 0.25) is 0 Å². The number of aliphatic carboxylic acids is 1. The Hall–Kier alpha value is -1.91. The van der Waals surface area contributed by atoms with Crippen molar-refractivity contribution in [2.75, 3.05) is 0 Å². The summed E-state index contributed by atoms with van der Waals surface area (Å²) < 4.78 is 4.13. The fourth-order valence-corrected chi connectivity index (χ4v) is 0.458. The maximum atomic E-state index is 10.8. The van der Waals surface area contributed by atoms with Crippen LogP contribution >= 0.6 is 0 Å². The van der Waals surface area contributed by atoms with E-state index in [1.54, 1.807) is 0 Å². The predicted octanol–water partition coefficient (Wildman–Crippen LogP) is 0.273. The van der Waals surface area contributed by atoms with Gasteiger partial charge in [0.1, 0.15) is 0 Å². The van der Waals surface area contributed by atoms with Crippen LogP contribution in [0.15, 0.2) is 24.3 Å². The fraction of sp³-hybridized carbons (Fsp3) is 0.125. The number of hydrogen-bond donors (Lipinski definition) is 1. The van der Waals surface area contributed by atoms with E-state index >= 15 is 0 Å². The van der Waals surface area contributed by atoms with E-state index < -0.39 is 17.9 Å². The van der Waals surface area contributed by atoms with Gasteiger partial charge in [-0.15, -0.1) is 0 Å². The van der Waals surface area contributed by atoms with Gasteiger partial charge < -0.3 is 9.84 Å². The third-order valence-corrected chi connectivity index (χ3v) is 1.02. The third-order valence-electron chi connectivity index (χ3n) is 1.02. The Balaban J connectivity index is 4.36. The van der Waals surface area contributed by atoms with Gasteiger partial charge in [0.2, 0.25) is 0 Å². The molecule has 0 saturated heterocycles. The SMILES string of the molecule is C=CC(=O)OC(=O)/C(C)=C\C(=O)O. The van der Waals surface area contributed by atoms with E-state index in [1.807, 2.05) is 0 Å². The summed E-state index contributed by atoms with van der Waals surface area (Å²) in [6, 6.07) is 0. The number of esters is 2. The second kappa shape index (κ2) is 4.87. The van der Waals surface area contributed by atoms with E-state index in [9.17, 15) is 14.4 Å². The minimum atomic E-state index is -1.28. The molecule has 5 nitrogen and oxygen atoms in total. The Morgan fingerprint density at radius 3 is 2.31 bits per heavy atom. The summed E-state index contributed by atoms with van der Waals surface area (Å²) in [7, 11) is 0. The third kappa shape index (κ3) is 4.52. The number of ether oxygens (including phenoxy) is 1. The second-order valence-electron chi connectivity index (χ2n) is 2.08. The van der Waals surface area contributed by atoms with E-state index in [1.165, 1.54) is 6.92 Å². The molecule has 0 aliphatic heterocycles. The van der Waals surface area contributed by atoms with Crippen molar-refractivity contribution in [2.24, 2.45) is 0 Å². The Bertz CT molecular complexity index is 287. The van der Waals surface area contributed by atoms with Crippen molar-refractivity contribution in [1.82, 2.24) is 0 Å². The number of rotatable bonds is 3. The summed E-state index contributed by atoms with van der Waals surface area (Å²) in [5.74, 6) is -3.18. The summed E-state index contributed by atoms with van der Waals surface area (Å²) in [6.07, 6.45) is 1.46. The van der Waals surface area contributed by atoms with Gasteiger partial charge in [-0.2, -0.15) is 0 Å². The van der Waals surface area contributed by atoms with Gasteiger partial charge >= 0.3 is 17.9 Å². The van der Waals surface area contributed by atoms with Gasteiger partial charge in [0.25, 0.3) is 0 Å². The fourth-order valence-electron chi connectivity index (χ4n) is 0.458. The molecular formula is C8H8O5. The Labute approximate surface area is 74.3 Å². The van der Waals surface area contributed by atoms with E-state index in [4.69, 9.17) is 5.11 Å². The van der Waals surface area contributed by atoms with Crippen LogP contribution in [0.3, 0.4) is 0 Å². The molecule has 0 radical (unpaired) electrons. The minimum absolute atomic E-state index is 0.164. The summed E-state index contributed by atoms with van der Waals surface area (Å²) in [5, 5.41) is 8.23. The topological polar surface area (TPSA) is 80.7 Å². The molecule has 1 N–H and O–H groups in total. The maximum absolute atomic E-state index is 10.8. The molecule has 0 unspecified atom stereocenters. The Morgan fingerprint density at radius 1 is 1.38 bits per heavy atom. The highest BCUT2D eigenvalue weighted by atomic mass is 16.6. The molecule has 0 rings (SSSR count). The lowest BCUT2D eigenvalue weighted by molar-refractivity contribution is -0.153. The van der Waals surface area contributed by atoms with Crippen LogP contribution < -0.4 is 0 Å². The van der Waals surface area contributed by atoms with E-state index in [0.717, 1.165) is 6.08 Å². The molecule has 0 saturated carbocycles. The molecule has 0 bridgehead atoms. The van der Waals surface area contributed by atoms with E-state index in [0.29, 0.717) is 6.08 Å². The molecule has 0 aromatic heterocycles. The molecule has 0 aromatic rings. The van der Waals surface area contributed by atoms with Gasteiger partial charge in [0.05, 0.1) is 0 Å². The van der Waals surface area contributed by atoms with Crippen molar-refractivity contribution in [2.45, 2.75) is 6.92 Å². The molecule has 70 valence electrons. The molecule has 0 atom stereocenters. The first-order valence-electron chi connectivity index (χ1n) is 3.27. The molecule has 0 aliphatic carbocycles. The zero-order valence-corrected chi connectivity index (χ0v) is 6.94. The zero-order chi connectivity index (χ0) is 10.4. The number of carboxylic acid groups (broad SMARTS) is 1. The average molecular weight is 184 g/mol. The summed E-state index contributed by atoms with van der Waals surface area (Å²) in [4.78, 5) is 31.4. The van der Waals surface area contributed by atoms with Crippen LogP contribution in [0.25, 0.3) is 0 Å². The van der Waals surface area contributed by atoms with Crippen molar-refractivity contribution in [1.29, 1.82) is 0 Å². The van der Waals surface area contributed by atoms with Gasteiger partial charge in [-0.05, 0) is 6.92 Å². The van der Waals surface area contributed by atoms with Gasteiger partial charge in [-0.3, -0.25) is 0 Å². The molecule has 0 spiro atoms. The van der Waals surface area contributed by atoms with Crippen LogP contribution in [0.4, 0.5) is 0 Å². The zero-order valence-electron chi connectivity index (χ0n) is 6.94. The van der Waals surface area contributed by atoms with E-state index in [-0.39, 0.29) is 5.57 Å². The van der Waals surface area contributed by atoms with Crippen molar-refractivity contribution < 1.29 is 24.2 Å². The lowest BCUT2D eigenvalue weighted by atomic mass is 10.3. The first kappa shape index (κ1) is 11.1. The molecular weight excluding hydrogens is 176 g/mol. The molecule has 13 heavy (non-hydrogen) atoms. The van der Waals surface area contributed by atoms with Crippen LogP contribution in [0.5, 0.6) is 0 Å². The average Bonchev–Trinajstić information content (AvgIpc) is 2.02. The first-order valence-corrected chi connectivity index (χ1v) is 3.27. The Morgan fingerprint density at radius 2 is 1.92 bits per heavy atom. The quantitative estimate of drug-likeness (QED) is 0.387. The van der Waals surface area contributed by atoms with Gasteiger partial charge in [-0.1, -0.05) is 6.58 Å². The molecule has 0 aromatic carbocycles. The second-order valence-corrected chi connectivity index (χ2v) is 2.08. The highest BCUT2D eigenvalue weighted by Crippen LogP contribution is 1.96. The standard InChI is InChI=1S/C8H8O5/c1-3-7(11)13-8(12)5(2)4-6(9)10/h3-4H,1H2,2H3,(H,9,10)/b5-4-. The van der Waals surface area contributed by atoms with Crippen molar-refractivity contribution in [3.05, 3.63) is 24.3 Å². The van der Waals surface area contributed by atoms with Gasteiger partial charge in [-0.25, -0.2) is 14.4 Å². The highest BCUT2D eigenvalue weighted by molar-refractivity contribution is 6.01. The minimum Gasteiger partial charge on any atom is -0.478 e. The van der Waals surface area contributed by atoms with Crippen molar-refractivity contribution >= 4 is 17.9 Å². The number of carbonyl (C=O) groups excluding carboxylic acids is 2. The number of carbonyl (C=O) groups is 3. The van der Waals surface area contributed by atoms with Crippen molar-refractivity contribution in [3.63, 3.8) is 0 Å². The predicted molar refractivity (Wildman–Crippen MR) is 42.7 cm³/mol.